The van der Waals surface area contributed by atoms with Gasteiger partial charge in [-0.05, 0) is 36.1 Å². The first-order chi connectivity index (χ1) is 12.5. The van der Waals surface area contributed by atoms with E-state index in [4.69, 9.17) is 0 Å². The van der Waals surface area contributed by atoms with Gasteiger partial charge in [0, 0.05) is 30.7 Å². The number of hydrogen-bond acceptors (Lipinski definition) is 4. The molecule has 7 heteroatoms. The molecule has 0 saturated carbocycles. The number of nitro benzene ring substituents is 1. The Morgan fingerprint density at radius 1 is 1.12 bits per heavy atom. The molecule has 0 aliphatic heterocycles. The van der Waals surface area contributed by atoms with Crippen LogP contribution in [0.3, 0.4) is 0 Å². The number of rotatable bonds is 6. The van der Waals surface area contributed by atoms with Gasteiger partial charge in [0.25, 0.3) is 11.6 Å². The molecular weight excluding hydrogens is 334 g/mol. The number of nitrogens with one attached hydrogen (secondary N) is 2. The van der Waals surface area contributed by atoms with Crippen LogP contribution in [0.1, 0.15) is 40.4 Å². The first-order valence-corrected chi connectivity index (χ1v) is 8.44. The lowest BCUT2D eigenvalue weighted by atomic mass is 10.1. The van der Waals surface area contributed by atoms with E-state index < -0.39 is 4.92 Å². The van der Waals surface area contributed by atoms with Crippen LogP contribution in [0.2, 0.25) is 0 Å². The second-order valence-corrected chi connectivity index (χ2v) is 6.17. The van der Waals surface area contributed by atoms with E-state index in [9.17, 15) is 19.7 Å². The van der Waals surface area contributed by atoms with E-state index >= 15 is 0 Å². The van der Waals surface area contributed by atoms with Crippen molar-refractivity contribution in [1.82, 2.24) is 10.6 Å². The summed E-state index contributed by atoms with van der Waals surface area (Å²) in [7, 11) is 0. The summed E-state index contributed by atoms with van der Waals surface area (Å²) in [4.78, 5) is 34.2. The Morgan fingerprint density at radius 3 is 2.58 bits per heavy atom. The van der Waals surface area contributed by atoms with Crippen molar-refractivity contribution in [3.63, 3.8) is 0 Å². The van der Waals surface area contributed by atoms with Crippen LogP contribution < -0.4 is 10.6 Å². The number of nitro groups is 1. The molecule has 0 saturated heterocycles. The Hall–Kier alpha value is -3.22. The molecule has 7 nitrogen and oxygen atoms in total. The molecular formula is C19H19N3O4. The Labute approximate surface area is 150 Å². The van der Waals surface area contributed by atoms with Gasteiger partial charge in [-0.15, -0.1) is 0 Å². The van der Waals surface area contributed by atoms with Gasteiger partial charge in [0.2, 0.25) is 5.91 Å². The number of nitrogens with zero attached hydrogens (tertiary/aromatic N) is 1. The van der Waals surface area contributed by atoms with Gasteiger partial charge in [0.1, 0.15) is 0 Å². The molecule has 2 aromatic rings. The van der Waals surface area contributed by atoms with Crippen molar-refractivity contribution >= 4 is 17.5 Å². The highest BCUT2D eigenvalue weighted by molar-refractivity contribution is 5.94. The maximum absolute atomic E-state index is 12.1. The van der Waals surface area contributed by atoms with Crippen LogP contribution >= 0.6 is 0 Å². The molecule has 0 heterocycles. The predicted molar refractivity (Wildman–Crippen MR) is 95.7 cm³/mol. The fourth-order valence-corrected chi connectivity index (χ4v) is 3.10. The average molecular weight is 353 g/mol. The number of carbonyl (C=O) groups excluding carboxylic acids is 2. The van der Waals surface area contributed by atoms with Crippen molar-refractivity contribution < 1.29 is 14.5 Å². The zero-order valence-corrected chi connectivity index (χ0v) is 14.1. The Morgan fingerprint density at radius 2 is 1.85 bits per heavy atom. The second kappa shape index (κ2) is 7.77. The highest BCUT2D eigenvalue weighted by atomic mass is 16.6. The third-order valence-corrected chi connectivity index (χ3v) is 4.45. The van der Waals surface area contributed by atoms with Gasteiger partial charge in [0.15, 0.2) is 0 Å². The number of non-ortho nitro benzene ring substituents is 1. The summed E-state index contributed by atoms with van der Waals surface area (Å²) < 4.78 is 0. The SMILES string of the molecule is O=C(CCNC(=O)c1ccc([N+](=O)[O-])cc1)NC1CCc2ccccc21. The standard InChI is InChI=1S/C19H19N3O4/c23-18(21-17-10-7-13-3-1-2-4-16(13)17)11-12-20-19(24)14-5-8-15(9-6-14)22(25)26/h1-6,8-9,17H,7,10-12H2,(H,20,24)(H,21,23). The molecule has 3 rings (SSSR count). The normalized spacial score (nSPS) is 15.2. The molecule has 0 radical (unpaired) electrons. The fourth-order valence-electron chi connectivity index (χ4n) is 3.10. The van der Waals surface area contributed by atoms with Gasteiger partial charge in [-0.2, -0.15) is 0 Å². The number of fused-ring (bicyclic) bond motifs is 1. The van der Waals surface area contributed by atoms with Crippen LogP contribution in [0.5, 0.6) is 0 Å². The number of benzene rings is 2. The van der Waals surface area contributed by atoms with E-state index in [1.807, 2.05) is 18.2 Å². The minimum atomic E-state index is -0.521. The van der Waals surface area contributed by atoms with E-state index in [0.29, 0.717) is 5.56 Å². The number of hydrogen-bond donors (Lipinski definition) is 2. The summed E-state index contributed by atoms with van der Waals surface area (Å²) in [5.74, 6) is -0.477. The summed E-state index contributed by atoms with van der Waals surface area (Å²) in [6, 6.07) is 13.4. The van der Waals surface area contributed by atoms with Crippen molar-refractivity contribution in [3.8, 4) is 0 Å². The lowest BCUT2D eigenvalue weighted by Crippen LogP contribution is -2.32. The van der Waals surface area contributed by atoms with Crippen molar-refractivity contribution in [2.45, 2.75) is 25.3 Å². The number of aryl methyl sites for hydroxylation is 1. The quantitative estimate of drug-likeness (QED) is 0.615. The maximum Gasteiger partial charge on any atom is 0.269 e. The lowest BCUT2D eigenvalue weighted by molar-refractivity contribution is -0.384. The van der Waals surface area contributed by atoms with E-state index in [0.717, 1.165) is 18.4 Å². The third kappa shape index (κ3) is 4.05. The topological polar surface area (TPSA) is 101 Å². The first kappa shape index (κ1) is 17.6. The summed E-state index contributed by atoms with van der Waals surface area (Å²) in [6.07, 6.45) is 2.02. The molecule has 0 aromatic heterocycles. The zero-order chi connectivity index (χ0) is 18.5. The molecule has 2 amide bonds. The van der Waals surface area contributed by atoms with Crippen LogP contribution in [0.15, 0.2) is 48.5 Å². The first-order valence-electron chi connectivity index (χ1n) is 8.44. The smallest absolute Gasteiger partial charge is 0.269 e. The molecule has 2 N–H and O–H groups in total. The van der Waals surface area contributed by atoms with Gasteiger partial charge in [-0.3, -0.25) is 19.7 Å². The monoisotopic (exact) mass is 353 g/mol. The van der Waals surface area contributed by atoms with Crippen LogP contribution in [0, 0.1) is 10.1 Å². The average Bonchev–Trinajstić information content (AvgIpc) is 3.04. The van der Waals surface area contributed by atoms with Crippen molar-refractivity contribution in [1.29, 1.82) is 0 Å². The molecule has 1 aliphatic rings. The van der Waals surface area contributed by atoms with Crippen LogP contribution in [0.25, 0.3) is 0 Å². The van der Waals surface area contributed by atoms with Crippen molar-refractivity contribution in [3.05, 3.63) is 75.3 Å². The molecule has 134 valence electrons. The van der Waals surface area contributed by atoms with E-state index in [2.05, 4.69) is 16.7 Å². The second-order valence-electron chi connectivity index (χ2n) is 6.17. The van der Waals surface area contributed by atoms with Gasteiger partial charge in [0.05, 0.1) is 11.0 Å². The summed E-state index contributed by atoms with van der Waals surface area (Å²) in [5, 5.41) is 16.3. The minimum absolute atomic E-state index is 0.0316. The fraction of sp³-hybridized carbons (Fsp3) is 0.263. The molecule has 26 heavy (non-hydrogen) atoms. The third-order valence-electron chi connectivity index (χ3n) is 4.45. The van der Waals surface area contributed by atoms with Gasteiger partial charge >= 0.3 is 0 Å². The largest absolute Gasteiger partial charge is 0.352 e. The molecule has 0 bridgehead atoms. The summed E-state index contributed by atoms with van der Waals surface area (Å²) >= 11 is 0. The van der Waals surface area contributed by atoms with Crippen LogP contribution in [-0.4, -0.2) is 23.3 Å². The Balaban J connectivity index is 1.45. The predicted octanol–water partition coefficient (Wildman–Crippen LogP) is 2.52. The van der Waals surface area contributed by atoms with E-state index in [-0.39, 0.29) is 36.5 Å². The number of carbonyl (C=O) groups is 2. The van der Waals surface area contributed by atoms with Gasteiger partial charge in [-0.25, -0.2) is 0 Å². The maximum atomic E-state index is 12.1. The van der Waals surface area contributed by atoms with Gasteiger partial charge < -0.3 is 10.6 Å². The summed E-state index contributed by atoms with van der Waals surface area (Å²) in [5.41, 5.74) is 2.68. The molecule has 0 fully saturated rings. The molecule has 1 atom stereocenters. The highest BCUT2D eigenvalue weighted by Crippen LogP contribution is 2.30. The summed E-state index contributed by atoms with van der Waals surface area (Å²) in [6.45, 7) is 0.204. The van der Waals surface area contributed by atoms with Gasteiger partial charge in [-0.1, -0.05) is 24.3 Å². The zero-order valence-electron chi connectivity index (χ0n) is 14.1. The highest BCUT2D eigenvalue weighted by Gasteiger charge is 2.23. The Bertz CT molecular complexity index is 833. The van der Waals surface area contributed by atoms with Crippen LogP contribution in [0.4, 0.5) is 5.69 Å². The van der Waals surface area contributed by atoms with E-state index in [1.54, 1.807) is 0 Å². The molecule has 1 unspecified atom stereocenters. The van der Waals surface area contributed by atoms with Crippen LogP contribution in [-0.2, 0) is 11.2 Å². The number of amides is 2. The van der Waals surface area contributed by atoms with Crippen molar-refractivity contribution in [2.24, 2.45) is 0 Å². The lowest BCUT2D eigenvalue weighted by Gasteiger charge is -2.14. The molecule has 1 aliphatic carbocycles. The molecule has 2 aromatic carbocycles. The van der Waals surface area contributed by atoms with E-state index in [1.165, 1.54) is 29.8 Å². The molecule has 0 spiro atoms. The minimum Gasteiger partial charge on any atom is -0.352 e. The van der Waals surface area contributed by atoms with Crippen molar-refractivity contribution in [2.75, 3.05) is 6.54 Å². The Kier molecular flexibility index (Phi) is 5.26.